The summed E-state index contributed by atoms with van der Waals surface area (Å²) in [4.78, 5) is 9.19. The van der Waals surface area contributed by atoms with Gasteiger partial charge in [0.25, 0.3) is 10.0 Å². The lowest BCUT2D eigenvalue weighted by molar-refractivity contribution is 0.602. The van der Waals surface area contributed by atoms with Gasteiger partial charge in [0, 0.05) is 4.88 Å². The summed E-state index contributed by atoms with van der Waals surface area (Å²) in [6, 6.07) is 0. The molecule has 2 aromatic rings. The summed E-state index contributed by atoms with van der Waals surface area (Å²) in [6.45, 7) is 5.52. The largest absolute Gasteiger partial charge is 0.375 e. The van der Waals surface area contributed by atoms with Gasteiger partial charge in [-0.15, -0.1) is 11.3 Å². The van der Waals surface area contributed by atoms with Crippen molar-refractivity contribution >= 4 is 43.0 Å². The molecule has 19 heavy (non-hydrogen) atoms. The fourth-order valence-corrected chi connectivity index (χ4v) is 5.05. The van der Waals surface area contributed by atoms with Gasteiger partial charge in [-0.1, -0.05) is 18.3 Å². The number of aromatic nitrogens is 2. The Bertz CT molecular complexity index is 702. The molecule has 9 heteroatoms. The number of nitrogens with one attached hydrogen (secondary N) is 1. The molecule has 0 fully saturated rings. The second-order valence-corrected chi connectivity index (χ2v) is 8.02. The highest BCUT2D eigenvalue weighted by Crippen LogP contribution is 2.29. The van der Waals surface area contributed by atoms with Gasteiger partial charge in [-0.05, 0) is 20.3 Å². The zero-order valence-corrected chi connectivity index (χ0v) is 13.2. The van der Waals surface area contributed by atoms with Crippen LogP contribution in [0.15, 0.2) is 4.21 Å². The highest BCUT2D eigenvalue weighted by Gasteiger charge is 2.23. The van der Waals surface area contributed by atoms with Crippen LogP contribution in [0.2, 0.25) is 0 Å². The fourth-order valence-electron chi connectivity index (χ4n) is 1.61. The number of nitrogen functional groups attached to an aromatic ring is 1. The van der Waals surface area contributed by atoms with Gasteiger partial charge in [-0.2, -0.15) is 0 Å². The van der Waals surface area contributed by atoms with Crippen molar-refractivity contribution in [2.24, 2.45) is 0 Å². The second kappa shape index (κ2) is 5.06. The highest BCUT2D eigenvalue weighted by atomic mass is 32.2. The molecule has 0 saturated heterocycles. The summed E-state index contributed by atoms with van der Waals surface area (Å²) >= 11 is 2.28. The van der Waals surface area contributed by atoms with Crippen LogP contribution in [0.1, 0.15) is 23.2 Å². The fraction of sp³-hybridized carbons (Fsp3) is 0.400. The van der Waals surface area contributed by atoms with E-state index in [0.29, 0.717) is 10.8 Å². The molecule has 3 N–H and O–H groups in total. The van der Waals surface area contributed by atoms with E-state index in [1.165, 1.54) is 11.3 Å². The standard InChI is InChI=1S/C10H14N4O2S3/c1-4-7-6(3)17-10(13-7)14-19(15,16)8-5(2)12-9(11)18-8/h4H2,1-3H3,(H2,11,12)(H,13,14). The molecule has 0 unspecified atom stereocenters. The van der Waals surface area contributed by atoms with E-state index in [0.717, 1.165) is 28.3 Å². The number of aryl methyl sites for hydroxylation is 3. The predicted octanol–water partition coefficient (Wildman–Crippen LogP) is 2.16. The molecule has 0 aliphatic carbocycles. The van der Waals surface area contributed by atoms with E-state index in [1.54, 1.807) is 6.92 Å². The van der Waals surface area contributed by atoms with E-state index in [4.69, 9.17) is 5.73 Å². The molecule has 2 rings (SSSR count). The molecule has 0 spiro atoms. The lowest BCUT2D eigenvalue weighted by Gasteiger charge is -2.02. The van der Waals surface area contributed by atoms with Crippen molar-refractivity contribution in [3.8, 4) is 0 Å². The third-order valence-electron chi connectivity index (χ3n) is 2.46. The molecule has 0 bridgehead atoms. The van der Waals surface area contributed by atoms with Crippen LogP contribution >= 0.6 is 22.7 Å². The van der Waals surface area contributed by atoms with E-state index in [2.05, 4.69) is 14.7 Å². The molecule has 0 amide bonds. The van der Waals surface area contributed by atoms with Gasteiger partial charge >= 0.3 is 0 Å². The Morgan fingerprint density at radius 3 is 2.42 bits per heavy atom. The Morgan fingerprint density at radius 2 is 1.95 bits per heavy atom. The first-order valence-electron chi connectivity index (χ1n) is 5.55. The smallest absolute Gasteiger partial charge is 0.275 e. The number of rotatable bonds is 4. The Labute approximate surface area is 119 Å². The molecule has 0 saturated carbocycles. The van der Waals surface area contributed by atoms with E-state index >= 15 is 0 Å². The zero-order chi connectivity index (χ0) is 14.2. The molecule has 0 radical (unpaired) electrons. The normalized spacial score (nSPS) is 11.7. The van der Waals surface area contributed by atoms with Crippen molar-refractivity contribution in [1.82, 2.24) is 9.97 Å². The Kier molecular flexibility index (Phi) is 3.79. The Hall–Kier alpha value is -1.19. The van der Waals surface area contributed by atoms with E-state index < -0.39 is 10.0 Å². The van der Waals surface area contributed by atoms with Crippen molar-refractivity contribution in [2.75, 3.05) is 10.5 Å². The number of nitrogens with zero attached hydrogens (tertiary/aromatic N) is 2. The summed E-state index contributed by atoms with van der Waals surface area (Å²) < 4.78 is 27.0. The molecule has 0 aliphatic heterocycles. The molecular weight excluding hydrogens is 304 g/mol. The van der Waals surface area contributed by atoms with Gasteiger partial charge in [0.05, 0.1) is 11.4 Å². The van der Waals surface area contributed by atoms with Crippen LogP contribution in [0.25, 0.3) is 0 Å². The predicted molar refractivity (Wildman–Crippen MR) is 78.3 cm³/mol. The number of hydrogen-bond donors (Lipinski definition) is 2. The SMILES string of the molecule is CCc1nc(NS(=O)(=O)c2sc(N)nc2C)sc1C. The first-order chi connectivity index (χ1) is 8.83. The molecule has 104 valence electrons. The average Bonchev–Trinajstić information content (AvgIpc) is 2.81. The van der Waals surface area contributed by atoms with Gasteiger partial charge in [0.2, 0.25) is 0 Å². The summed E-state index contributed by atoms with van der Waals surface area (Å²) in [6.07, 6.45) is 0.774. The number of nitrogens with two attached hydrogens (primary N) is 1. The number of sulfonamides is 1. The first-order valence-corrected chi connectivity index (χ1v) is 8.67. The van der Waals surface area contributed by atoms with Crippen LogP contribution in [-0.4, -0.2) is 18.4 Å². The van der Waals surface area contributed by atoms with Gasteiger partial charge < -0.3 is 5.73 Å². The van der Waals surface area contributed by atoms with Crippen LogP contribution in [-0.2, 0) is 16.4 Å². The van der Waals surface area contributed by atoms with Crippen molar-refractivity contribution in [1.29, 1.82) is 0 Å². The van der Waals surface area contributed by atoms with Gasteiger partial charge in [0.1, 0.15) is 0 Å². The molecular formula is C10H14N4O2S3. The minimum atomic E-state index is -3.66. The summed E-state index contributed by atoms with van der Waals surface area (Å²) in [7, 11) is -3.66. The van der Waals surface area contributed by atoms with Crippen LogP contribution in [0.5, 0.6) is 0 Å². The van der Waals surface area contributed by atoms with Crippen LogP contribution in [0, 0.1) is 13.8 Å². The molecule has 0 atom stereocenters. The van der Waals surface area contributed by atoms with Crippen molar-refractivity contribution in [3.05, 3.63) is 16.3 Å². The lowest BCUT2D eigenvalue weighted by atomic mass is 10.3. The van der Waals surface area contributed by atoms with Crippen LogP contribution < -0.4 is 10.5 Å². The molecule has 0 aromatic carbocycles. The van der Waals surface area contributed by atoms with E-state index in [9.17, 15) is 8.42 Å². The third-order valence-corrected chi connectivity index (χ3v) is 6.46. The average molecular weight is 318 g/mol. The quantitative estimate of drug-likeness (QED) is 0.900. The molecule has 2 heterocycles. The second-order valence-electron chi connectivity index (χ2n) is 3.91. The Morgan fingerprint density at radius 1 is 1.26 bits per heavy atom. The van der Waals surface area contributed by atoms with Crippen LogP contribution in [0.4, 0.5) is 10.3 Å². The van der Waals surface area contributed by atoms with Crippen LogP contribution in [0.3, 0.4) is 0 Å². The maximum atomic E-state index is 12.2. The summed E-state index contributed by atoms with van der Waals surface area (Å²) in [5, 5.41) is 0.614. The van der Waals surface area contributed by atoms with Crippen molar-refractivity contribution < 1.29 is 8.42 Å². The number of thiazole rings is 2. The topological polar surface area (TPSA) is 98.0 Å². The third kappa shape index (κ3) is 2.88. The minimum absolute atomic E-state index is 0.135. The van der Waals surface area contributed by atoms with Crippen molar-refractivity contribution in [3.63, 3.8) is 0 Å². The Balaban J connectivity index is 2.33. The maximum Gasteiger partial charge on any atom is 0.275 e. The summed E-state index contributed by atoms with van der Waals surface area (Å²) in [5.41, 5.74) is 6.83. The number of hydrogen-bond acceptors (Lipinski definition) is 7. The van der Waals surface area contributed by atoms with Crippen molar-refractivity contribution in [2.45, 2.75) is 31.4 Å². The van der Waals surface area contributed by atoms with E-state index in [-0.39, 0.29) is 9.34 Å². The molecule has 2 aromatic heterocycles. The zero-order valence-electron chi connectivity index (χ0n) is 10.7. The lowest BCUT2D eigenvalue weighted by Crippen LogP contribution is -2.12. The highest BCUT2D eigenvalue weighted by molar-refractivity contribution is 7.95. The maximum absolute atomic E-state index is 12.2. The molecule has 0 aliphatic rings. The monoisotopic (exact) mass is 318 g/mol. The first kappa shape index (κ1) is 14.2. The summed E-state index contributed by atoms with van der Waals surface area (Å²) in [5.74, 6) is 0. The van der Waals surface area contributed by atoms with Gasteiger partial charge in [0.15, 0.2) is 14.5 Å². The van der Waals surface area contributed by atoms with Gasteiger partial charge in [-0.25, -0.2) is 18.4 Å². The molecule has 6 nitrogen and oxygen atoms in total. The van der Waals surface area contributed by atoms with E-state index in [1.807, 2.05) is 13.8 Å². The van der Waals surface area contributed by atoms with Gasteiger partial charge in [-0.3, -0.25) is 4.72 Å². The number of anilines is 2. The minimum Gasteiger partial charge on any atom is -0.375 e.